The summed E-state index contributed by atoms with van der Waals surface area (Å²) in [6, 6.07) is 12.8. The molecule has 0 N–H and O–H groups in total. The predicted octanol–water partition coefficient (Wildman–Crippen LogP) is 5.91. The summed E-state index contributed by atoms with van der Waals surface area (Å²) in [6.07, 6.45) is -4.33. The highest BCUT2D eigenvalue weighted by atomic mass is 19.4. The molecule has 0 saturated carbocycles. The van der Waals surface area contributed by atoms with Gasteiger partial charge in [0.15, 0.2) is 23.0 Å². The van der Waals surface area contributed by atoms with Crippen LogP contribution in [0.5, 0.6) is 28.7 Å². The maximum atomic E-state index is 14.4. The van der Waals surface area contributed by atoms with Gasteiger partial charge in [-0.3, -0.25) is 9.69 Å². The maximum Gasteiger partial charge on any atom is 0.450 e. The number of nitrogens with zero attached hydrogens (tertiary/aromatic N) is 1. The first-order valence-corrected chi connectivity index (χ1v) is 12.7. The molecule has 1 aliphatic rings. The summed E-state index contributed by atoms with van der Waals surface area (Å²) in [5, 5.41) is 0.0203. The summed E-state index contributed by atoms with van der Waals surface area (Å²) in [6.45, 7) is 0.993. The minimum atomic E-state index is -4.94. The van der Waals surface area contributed by atoms with Crippen LogP contribution in [0.1, 0.15) is 16.9 Å². The van der Waals surface area contributed by atoms with E-state index in [0.29, 0.717) is 41.5 Å². The summed E-state index contributed by atoms with van der Waals surface area (Å²) in [7, 11) is 5.88. The van der Waals surface area contributed by atoms with Gasteiger partial charge in [-0.1, -0.05) is 12.1 Å². The van der Waals surface area contributed by atoms with Crippen molar-refractivity contribution in [1.82, 2.24) is 4.90 Å². The Labute approximate surface area is 233 Å². The first kappa shape index (κ1) is 28.2. The molecule has 0 atom stereocenters. The average molecular weight is 572 g/mol. The fraction of sp³-hybridized carbons (Fsp3) is 0.300. The molecule has 1 aliphatic heterocycles. The molecule has 216 valence electrons. The van der Waals surface area contributed by atoms with Gasteiger partial charge in [0, 0.05) is 13.1 Å². The molecule has 5 rings (SSSR count). The third-order valence-electron chi connectivity index (χ3n) is 7.00. The first-order valence-electron chi connectivity index (χ1n) is 12.7. The van der Waals surface area contributed by atoms with E-state index in [0.717, 1.165) is 5.56 Å². The topological polar surface area (TPSA) is 79.6 Å². The van der Waals surface area contributed by atoms with Crippen molar-refractivity contribution in [2.75, 3.05) is 41.7 Å². The third-order valence-corrected chi connectivity index (χ3v) is 7.00. The van der Waals surface area contributed by atoms with E-state index in [2.05, 4.69) is 0 Å². The van der Waals surface area contributed by atoms with Gasteiger partial charge in [0.25, 0.3) is 0 Å². The van der Waals surface area contributed by atoms with Gasteiger partial charge >= 0.3 is 6.18 Å². The number of methoxy groups -OCH3 is 4. The van der Waals surface area contributed by atoms with E-state index in [1.807, 2.05) is 23.1 Å². The number of rotatable bonds is 8. The maximum absolute atomic E-state index is 14.4. The lowest BCUT2D eigenvalue weighted by atomic mass is 9.99. The Morgan fingerprint density at radius 1 is 0.854 bits per heavy atom. The van der Waals surface area contributed by atoms with Crippen molar-refractivity contribution < 1.29 is 41.3 Å². The third kappa shape index (κ3) is 5.37. The second-order valence-corrected chi connectivity index (χ2v) is 9.39. The number of fused-ring (bicyclic) bond motifs is 3. The van der Waals surface area contributed by atoms with Crippen LogP contribution in [-0.2, 0) is 19.1 Å². The van der Waals surface area contributed by atoms with Crippen molar-refractivity contribution in [3.05, 3.63) is 75.6 Å². The van der Waals surface area contributed by atoms with Crippen molar-refractivity contribution in [3.63, 3.8) is 0 Å². The van der Waals surface area contributed by atoms with Gasteiger partial charge < -0.3 is 28.1 Å². The van der Waals surface area contributed by atoms with E-state index in [1.54, 1.807) is 20.3 Å². The molecule has 1 aromatic heterocycles. The quantitative estimate of drug-likeness (QED) is 0.258. The molecular weight excluding hydrogens is 543 g/mol. The van der Waals surface area contributed by atoms with Crippen LogP contribution in [0.3, 0.4) is 0 Å². The van der Waals surface area contributed by atoms with E-state index < -0.39 is 22.9 Å². The highest BCUT2D eigenvalue weighted by Gasteiger charge is 2.40. The van der Waals surface area contributed by atoms with Crippen molar-refractivity contribution in [2.45, 2.75) is 19.1 Å². The lowest BCUT2D eigenvalue weighted by molar-refractivity contribution is -0.152. The fourth-order valence-corrected chi connectivity index (χ4v) is 4.93. The van der Waals surface area contributed by atoms with Crippen LogP contribution in [0.15, 0.2) is 57.7 Å². The molecule has 2 heterocycles. The van der Waals surface area contributed by atoms with E-state index in [4.69, 9.17) is 28.1 Å². The van der Waals surface area contributed by atoms with Gasteiger partial charge in [0.2, 0.25) is 11.2 Å². The van der Waals surface area contributed by atoms with Crippen LogP contribution in [0.4, 0.5) is 13.2 Å². The number of hydrogen-bond donors (Lipinski definition) is 0. The zero-order valence-corrected chi connectivity index (χ0v) is 22.9. The Kier molecular flexibility index (Phi) is 7.72. The Morgan fingerprint density at radius 2 is 1.51 bits per heavy atom. The van der Waals surface area contributed by atoms with Crippen LogP contribution in [0.2, 0.25) is 0 Å². The number of benzene rings is 3. The lowest BCUT2D eigenvalue weighted by Gasteiger charge is -2.29. The Balaban J connectivity index is 1.53. The molecule has 0 bridgehead atoms. The smallest absolute Gasteiger partial charge is 0.450 e. The molecule has 3 aromatic carbocycles. The Hall–Kier alpha value is -4.38. The standard InChI is InChI=1S/C30H28F3NO7/c1-36-22-8-5-17(13-24(22)38-3)11-12-34-15-20-21(40-16-34)10-7-19-27(35)26(29(30(31,32)33)41-28(19)20)18-6-9-23(37-2)25(14-18)39-4/h5-10,13-14H,11-12,15-16H2,1-4H3. The van der Waals surface area contributed by atoms with Gasteiger partial charge in [-0.05, 0) is 53.9 Å². The van der Waals surface area contributed by atoms with Crippen LogP contribution < -0.4 is 29.1 Å². The second-order valence-electron chi connectivity index (χ2n) is 9.39. The summed E-state index contributed by atoms with van der Waals surface area (Å²) in [5.74, 6) is 0.688. The summed E-state index contributed by atoms with van der Waals surface area (Å²) >= 11 is 0. The van der Waals surface area contributed by atoms with Crippen molar-refractivity contribution in [1.29, 1.82) is 0 Å². The molecule has 11 heteroatoms. The lowest BCUT2D eigenvalue weighted by Crippen LogP contribution is -2.34. The molecule has 0 fully saturated rings. The molecule has 0 spiro atoms. The molecule has 8 nitrogen and oxygen atoms in total. The molecule has 0 aliphatic carbocycles. The summed E-state index contributed by atoms with van der Waals surface area (Å²) in [5.41, 5.74) is -0.209. The monoisotopic (exact) mass is 571 g/mol. The van der Waals surface area contributed by atoms with E-state index in [9.17, 15) is 18.0 Å². The average Bonchev–Trinajstić information content (AvgIpc) is 2.98. The van der Waals surface area contributed by atoms with Gasteiger partial charge in [-0.15, -0.1) is 0 Å². The Morgan fingerprint density at radius 3 is 2.17 bits per heavy atom. The molecule has 0 amide bonds. The number of halogens is 3. The molecule has 0 unspecified atom stereocenters. The minimum Gasteiger partial charge on any atom is -0.493 e. The second kappa shape index (κ2) is 11.2. The number of alkyl halides is 3. The first-order chi connectivity index (χ1) is 19.7. The Bertz CT molecular complexity index is 1650. The van der Waals surface area contributed by atoms with E-state index >= 15 is 0 Å². The molecular formula is C30H28F3NO7. The van der Waals surface area contributed by atoms with Gasteiger partial charge in [0.1, 0.15) is 18.1 Å². The highest BCUT2D eigenvalue weighted by Crippen LogP contribution is 2.42. The molecule has 4 aromatic rings. The predicted molar refractivity (Wildman–Crippen MR) is 145 cm³/mol. The van der Waals surface area contributed by atoms with Crippen LogP contribution in [-0.4, -0.2) is 46.6 Å². The zero-order valence-electron chi connectivity index (χ0n) is 22.9. The number of hydrogen-bond acceptors (Lipinski definition) is 8. The van der Waals surface area contributed by atoms with Gasteiger partial charge in [-0.2, -0.15) is 13.2 Å². The fourth-order valence-electron chi connectivity index (χ4n) is 4.93. The number of ether oxygens (including phenoxy) is 5. The molecule has 0 radical (unpaired) electrons. The van der Waals surface area contributed by atoms with Gasteiger partial charge in [-0.25, -0.2) is 0 Å². The van der Waals surface area contributed by atoms with Crippen LogP contribution >= 0.6 is 0 Å². The molecule has 41 heavy (non-hydrogen) atoms. The van der Waals surface area contributed by atoms with Crippen molar-refractivity contribution >= 4 is 11.0 Å². The summed E-state index contributed by atoms with van der Waals surface area (Å²) in [4.78, 5) is 15.6. The van der Waals surface area contributed by atoms with Crippen molar-refractivity contribution in [2.24, 2.45) is 0 Å². The summed E-state index contributed by atoms with van der Waals surface area (Å²) < 4.78 is 75.6. The molecule has 0 saturated heterocycles. The van der Waals surface area contributed by atoms with Crippen LogP contribution in [0, 0.1) is 0 Å². The van der Waals surface area contributed by atoms with E-state index in [-0.39, 0.29) is 35.6 Å². The van der Waals surface area contributed by atoms with E-state index in [1.165, 1.54) is 38.5 Å². The highest BCUT2D eigenvalue weighted by molar-refractivity contribution is 5.87. The zero-order chi connectivity index (χ0) is 29.3. The SMILES string of the molecule is COc1ccc(CCN2COc3ccc4c(=O)c(-c5ccc(OC)c(OC)c5)c(C(F)(F)F)oc4c3C2)cc1OC. The largest absolute Gasteiger partial charge is 0.493 e. The minimum absolute atomic E-state index is 0.00357. The normalized spacial score (nSPS) is 13.4. The van der Waals surface area contributed by atoms with Crippen LogP contribution in [0.25, 0.3) is 22.1 Å². The van der Waals surface area contributed by atoms with Gasteiger partial charge in [0.05, 0.1) is 45.0 Å². The van der Waals surface area contributed by atoms with Crippen molar-refractivity contribution in [3.8, 4) is 39.9 Å².